The van der Waals surface area contributed by atoms with Crippen molar-refractivity contribution in [1.29, 1.82) is 0 Å². The molecule has 0 unspecified atom stereocenters. The average Bonchev–Trinajstić information content (AvgIpc) is 2.02. The van der Waals surface area contributed by atoms with Crippen LogP contribution in [0.3, 0.4) is 0 Å². The summed E-state index contributed by atoms with van der Waals surface area (Å²) in [6.07, 6.45) is 1.94. The summed E-state index contributed by atoms with van der Waals surface area (Å²) in [5.74, 6) is -0.00304. The second-order valence-electron chi connectivity index (χ2n) is 3.08. The third-order valence-corrected chi connectivity index (χ3v) is 1.70. The zero-order valence-electron chi connectivity index (χ0n) is 7.97. The molecule has 3 nitrogen and oxygen atoms in total. The van der Waals surface area contributed by atoms with Gasteiger partial charge in [0, 0.05) is 13.6 Å². The molecule has 0 aromatic rings. The minimum atomic E-state index is -0.00304. The fraction of sp³-hybridized carbons (Fsp3) is 0.667. The molecule has 3 heteroatoms. The van der Waals surface area contributed by atoms with Crippen molar-refractivity contribution in [2.24, 2.45) is 5.73 Å². The van der Waals surface area contributed by atoms with E-state index in [0.29, 0.717) is 0 Å². The van der Waals surface area contributed by atoms with Gasteiger partial charge in [-0.25, -0.2) is 0 Å². The summed E-state index contributed by atoms with van der Waals surface area (Å²) >= 11 is 0. The van der Waals surface area contributed by atoms with Gasteiger partial charge in [0.2, 0.25) is 5.91 Å². The van der Waals surface area contributed by atoms with E-state index in [0.717, 1.165) is 25.0 Å². The van der Waals surface area contributed by atoms with E-state index in [1.807, 2.05) is 6.92 Å². The molecule has 0 rings (SSSR count). The van der Waals surface area contributed by atoms with Gasteiger partial charge in [0.15, 0.2) is 0 Å². The van der Waals surface area contributed by atoms with Crippen molar-refractivity contribution in [2.75, 3.05) is 20.1 Å². The van der Waals surface area contributed by atoms with Crippen LogP contribution in [0.2, 0.25) is 0 Å². The fourth-order valence-corrected chi connectivity index (χ4v) is 0.899. The number of hydrogen-bond donors (Lipinski definition) is 1. The van der Waals surface area contributed by atoms with Gasteiger partial charge in [-0.1, -0.05) is 5.57 Å². The smallest absolute Gasteiger partial charge is 0.236 e. The number of hydrogen-bond acceptors (Lipinski definition) is 2. The highest BCUT2D eigenvalue weighted by atomic mass is 16.2. The first-order valence-electron chi connectivity index (χ1n) is 4.16. The first-order valence-corrected chi connectivity index (χ1v) is 4.16. The molecule has 0 aromatic carbocycles. The van der Waals surface area contributed by atoms with Gasteiger partial charge >= 0.3 is 0 Å². The Bertz CT molecular complexity index is 166. The monoisotopic (exact) mass is 170 g/mol. The van der Waals surface area contributed by atoms with E-state index in [1.54, 1.807) is 11.9 Å². The lowest BCUT2D eigenvalue weighted by molar-refractivity contribution is -0.128. The van der Waals surface area contributed by atoms with E-state index in [2.05, 4.69) is 6.58 Å². The summed E-state index contributed by atoms with van der Waals surface area (Å²) in [5.41, 5.74) is 6.35. The number of likely N-dealkylation sites (N-methyl/N-ethyl adjacent to an activating group) is 1. The molecule has 0 saturated heterocycles. The van der Waals surface area contributed by atoms with Crippen LogP contribution in [0.4, 0.5) is 0 Å². The summed E-state index contributed by atoms with van der Waals surface area (Å²) in [4.78, 5) is 12.6. The Labute approximate surface area is 74.2 Å². The number of nitrogens with two attached hydrogens (primary N) is 1. The molecule has 0 atom stereocenters. The number of allylic oxidation sites excluding steroid dienone is 1. The summed E-state index contributed by atoms with van der Waals surface area (Å²) < 4.78 is 0. The third-order valence-electron chi connectivity index (χ3n) is 1.70. The van der Waals surface area contributed by atoms with Crippen molar-refractivity contribution >= 4 is 5.91 Å². The molecule has 0 heterocycles. The summed E-state index contributed by atoms with van der Waals surface area (Å²) in [5, 5.41) is 0. The standard InChI is InChI=1S/C9H18N2O/c1-8(2)5-4-6-11(3)9(12)7-10/h1,4-7,10H2,2-3H3. The molecule has 0 aliphatic heterocycles. The Kier molecular flexibility index (Phi) is 5.37. The SMILES string of the molecule is C=C(C)CCCN(C)C(=O)CN. The van der Waals surface area contributed by atoms with Gasteiger partial charge in [-0.15, -0.1) is 6.58 Å². The van der Waals surface area contributed by atoms with Crippen LogP contribution >= 0.6 is 0 Å². The number of nitrogens with zero attached hydrogens (tertiary/aromatic N) is 1. The van der Waals surface area contributed by atoms with Crippen LogP contribution in [-0.4, -0.2) is 30.9 Å². The predicted octanol–water partition coefficient (Wildman–Crippen LogP) is 0.760. The molecule has 12 heavy (non-hydrogen) atoms. The van der Waals surface area contributed by atoms with Crippen molar-refractivity contribution in [3.05, 3.63) is 12.2 Å². The molecule has 70 valence electrons. The van der Waals surface area contributed by atoms with Gasteiger partial charge in [0.1, 0.15) is 0 Å². The number of rotatable bonds is 5. The first kappa shape index (κ1) is 11.2. The largest absolute Gasteiger partial charge is 0.345 e. The Morgan fingerprint density at radius 1 is 1.58 bits per heavy atom. The van der Waals surface area contributed by atoms with Crippen molar-refractivity contribution < 1.29 is 4.79 Å². The maximum Gasteiger partial charge on any atom is 0.236 e. The highest BCUT2D eigenvalue weighted by molar-refractivity contribution is 5.77. The highest BCUT2D eigenvalue weighted by Gasteiger charge is 2.04. The van der Waals surface area contributed by atoms with Crippen molar-refractivity contribution in [3.8, 4) is 0 Å². The average molecular weight is 170 g/mol. The molecule has 0 bridgehead atoms. The third kappa shape index (κ3) is 4.91. The van der Waals surface area contributed by atoms with Gasteiger partial charge in [0.05, 0.1) is 6.54 Å². The molecule has 1 amide bonds. The van der Waals surface area contributed by atoms with E-state index in [1.165, 1.54) is 0 Å². The van der Waals surface area contributed by atoms with Gasteiger partial charge in [-0.05, 0) is 19.8 Å². The van der Waals surface area contributed by atoms with Crippen molar-refractivity contribution in [3.63, 3.8) is 0 Å². The molecular weight excluding hydrogens is 152 g/mol. The van der Waals surface area contributed by atoms with E-state index in [9.17, 15) is 4.79 Å². The number of amides is 1. The maximum absolute atomic E-state index is 11.0. The Morgan fingerprint density at radius 2 is 2.17 bits per heavy atom. The normalized spacial score (nSPS) is 9.58. The molecule has 0 aliphatic rings. The van der Waals surface area contributed by atoms with Gasteiger partial charge in [0.25, 0.3) is 0 Å². The van der Waals surface area contributed by atoms with Crippen LogP contribution in [0.15, 0.2) is 12.2 Å². The van der Waals surface area contributed by atoms with E-state index in [4.69, 9.17) is 5.73 Å². The minimum absolute atomic E-state index is 0.00304. The zero-order chi connectivity index (χ0) is 9.56. The van der Waals surface area contributed by atoms with Crippen molar-refractivity contribution in [1.82, 2.24) is 4.90 Å². The molecule has 0 spiro atoms. The van der Waals surface area contributed by atoms with Crippen LogP contribution < -0.4 is 5.73 Å². The number of carbonyl (C=O) groups is 1. The van der Waals surface area contributed by atoms with E-state index < -0.39 is 0 Å². The van der Waals surface area contributed by atoms with Gasteiger partial charge in [-0.2, -0.15) is 0 Å². The first-order chi connectivity index (χ1) is 5.57. The molecule has 0 radical (unpaired) electrons. The van der Waals surface area contributed by atoms with Crippen LogP contribution in [0, 0.1) is 0 Å². The van der Waals surface area contributed by atoms with Crippen molar-refractivity contribution in [2.45, 2.75) is 19.8 Å². The van der Waals surface area contributed by atoms with Crippen LogP contribution in [0.5, 0.6) is 0 Å². The molecule has 2 N–H and O–H groups in total. The Morgan fingerprint density at radius 3 is 2.58 bits per heavy atom. The number of carbonyl (C=O) groups excluding carboxylic acids is 1. The van der Waals surface area contributed by atoms with Crippen LogP contribution in [0.1, 0.15) is 19.8 Å². The Balaban J connectivity index is 3.50. The lowest BCUT2D eigenvalue weighted by Crippen LogP contribution is -2.33. The Hall–Kier alpha value is -0.830. The highest BCUT2D eigenvalue weighted by Crippen LogP contribution is 2.00. The second-order valence-corrected chi connectivity index (χ2v) is 3.08. The second kappa shape index (κ2) is 5.77. The fourth-order valence-electron chi connectivity index (χ4n) is 0.899. The maximum atomic E-state index is 11.0. The minimum Gasteiger partial charge on any atom is -0.345 e. The zero-order valence-corrected chi connectivity index (χ0v) is 7.97. The topological polar surface area (TPSA) is 46.3 Å². The van der Waals surface area contributed by atoms with Crippen LogP contribution in [-0.2, 0) is 4.79 Å². The quantitative estimate of drug-likeness (QED) is 0.619. The summed E-state index contributed by atoms with van der Waals surface area (Å²) in [7, 11) is 1.77. The molecular formula is C9H18N2O. The van der Waals surface area contributed by atoms with E-state index in [-0.39, 0.29) is 12.5 Å². The molecule has 0 saturated carbocycles. The lowest BCUT2D eigenvalue weighted by Gasteiger charge is -2.15. The van der Waals surface area contributed by atoms with Gasteiger partial charge < -0.3 is 10.6 Å². The molecule has 0 aliphatic carbocycles. The van der Waals surface area contributed by atoms with E-state index >= 15 is 0 Å². The lowest BCUT2D eigenvalue weighted by atomic mass is 10.2. The molecule has 0 fully saturated rings. The summed E-state index contributed by atoms with van der Waals surface area (Å²) in [6, 6.07) is 0. The molecule has 0 aromatic heterocycles. The van der Waals surface area contributed by atoms with Gasteiger partial charge in [-0.3, -0.25) is 4.79 Å². The summed E-state index contributed by atoms with van der Waals surface area (Å²) in [6.45, 7) is 6.65. The van der Waals surface area contributed by atoms with Crippen LogP contribution in [0.25, 0.3) is 0 Å². The predicted molar refractivity (Wildman–Crippen MR) is 50.7 cm³/mol.